The molecule has 47 heavy (non-hydrogen) atoms. The van der Waals surface area contributed by atoms with E-state index in [2.05, 4.69) is 10.6 Å². The number of halogens is 4. The summed E-state index contributed by atoms with van der Waals surface area (Å²) in [6, 6.07) is 13.9. The third kappa shape index (κ3) is 9.09. The standard InChI is InChI=1S/C34H38Cl3N3O6.ClH/c1-20-15-27(36)32(28(37)16-20)46-14-13-45-23-9-10-24(26(35)17-23)33(41)39-29-11-12-38-18-25(29)34(42)40(22-7-8-22)19-21-5-4-6-30(43-2)31(21)44-3;/h4-6,9-10,15-17,22,25,29,38H,7-8,11-14,18-19H2,1-3H3,(H,39,41);1H. The molecular weight excluding hydrogens is 688 g/mol. The van der Waals surface area contributed by atoms with Gasteiger partial charge in [-0.25, -0.2) is 0 Å². The molecule has 9 nitrogen and oxygen atoms in total. The van der Waals surface area contributed by atoms with Gasteiger partial charge in [-0.2, -0.15) is 0 Å². The fourth-order valence-electron chi connectivity index (χ4n) is 5.68. The lowest BCUT2D eigenvalue weighted by Crippen LogP contribution is -2.55. The van der Waals surface area contributed by atoms with Crippen LogP contribution < -0.4 is 29.6 Å². The molecule has 3 aromatic rings. The lowest BCUT2D eigenvalue weighted by atomic mass is 9.91. The van der Waals surface area contributed by atoms with Gasteiger partial charge in [0.2, 0.25) is 5.91 Å². The molecule has 5 rings (SSSR count). The van der Waals surface area contributed by atoms with Gasteiger partial charge in [-0.3, -0.25) is 9.59 Å². The van der Waals surface area contributed by atoms with E-state index >= 15 is 0 Å². The van der Waals surface area contributed by atoms with Crippen LogP contribution in [-0.4, -0.2) is 69.3 Å². The van der Waals surface area contributed by atoms with Crippen molar-refractivity contribution < 1.29 is 28.5 Å². The number of nitrogens with zero attached hydrogens (tertiary/aromatic N) is 1. The number of hydrogen-bond donors (Lipinski definition) is 2. The summed E-state index contributed by atoms with van der Waals surface area (Å²) in [4.78, 5) is 29.4. The van der Waals surface area contributed by atoms with E-state index in [1.165, 1.54) is 0 Å². The number of benzene rings is 3. The Kier molecular flexibility index (Phi) is 13.2. The Balaban J connectivity index is 0.00000500. The Morgan fingerprint density at radius 2 is 1.64 bits per heavy atom. The van der Waals surface area contributed by atoms with Crippen molar-refractivity contribution in [2.24, 2.45) is 5.92 Å². The van der Waals surface area contributed by atoms with E-state index in [9.17, 15) is 9.59 Å². The minimum atomic E-state index is -0.438. The van der Waals surface area contributed by atoms with Gasteiger partial charge in [-0.1, -0.05) is 46.9 Å². The van der Waals surface area contributed by atoms with Crippen molar-refractivity contribution in [3.05, 3.63) is 80.3 Å². The maximum Gasteiger partial charge on any atom is 0.253 e. The highest BCUT2D eigenvalue weighted by atomic mass is 35.5. The first kappa shape index (κ1) is 36.8. The number of nitrogens with one attached hydrogen (secondary N) is 2. The minimum Gasteiger partial charge on any atom is -0.493 e. The van der Waals surface area contributed by atoms with Crippen molar-refractivity contribution in [3.63, 3.8) is 0 Å². The van der Waals surface area contributed by atoms with Gasteiger partial charge in [-0.05, 0) is 74.7 Å². The van der Waals surface area contributed by atoms with E-state index < -0.39 is 5.92 Å². The summed E-state index contributed by atoms with van der Waals surface area (Å²) in [5, 5.41) is 7.51. The first-order valence-electron chi connectivity index (χ1n) is 15.2. The van der Waals surface area contributed by atoms with Crippen LogP contribution in [0, 0.1) is 12.8 Å². The molecular formula is C34H39Cl4N3O6. The zero-order valence-corrected chi connectivity index (χ0v) is 29.5. The molecule has 2 aliphatic rings. The van der Waals surface area contributed by atoms with Crippen LogP contribution >= 0.6 is 47.2 Å². The molecule has 2 unspecified atom stereocenters. The van der Waals surface area contributed by atoms with Crippen LogP contribution in [0.2, 0.25) is 15.1 Å². The number of aryl methyl sites for hydroxylation is 1. The maximum atomic E-state index is 14.0. The predicted molar refractivity (Wildman–Crippen MR) is 186 cm³/mol. The Morgan fingerprint density at radius 1 is 0.915 bits per heavy atom. The fraction of sp³-hybridized carbons (Fsp3) is 0.412. The number of hydrogen-bond acceptors (Lipinski definition) is 7. The van der Waals surface area contributed by atoms with Crippen molar-refractivity contribution >= 4 is 59.0 Å². The highest BCUT2D eigenvalue weighted by Crippen LogP contribution is 2.37. The average molecular weight is 728 g/mol. The average Bonchev–Trinajstić information content (AvgIpc) is 3.88. The molecule has 2 amide bonds. The first-order valence-corrected chi connectivity index (χ1v) is 16.4. The minimum absolute atomic E-state index is 0. The molecule has 2 atom stereocenters. The smallest absolute Gasteiger partial charge is 0.253 e. The molecule has 1 saturated carbocycles. The van der Waals surface area contributed by atoms with Gasteiger partial charge >= 0.3 is 0 Å². The van der Waals surface area contributed by atoms with Crippen molar-refractivity contribution in [2.45, 2.75) is 44.8 Å². The molecule has 2 fully saturated rings. The van der Waals surface area contributed by atoms with E-state index in [1.807, 2.05) is 30.0 Å². The number of methoxy groups -OCH3 is 2. The number of para-hydroxylation sites is 1. The van der Waals surface area contributed by atoms with E-state index in [1.54, 1.807) is 44.6 Å². The highest BCUT2D eigenvalue weighted by Gasteiger charge is 2.40. The zero-order chi connectivity index (χ0) is 32.8. The lowest BCUT2D eigenvalue weighted by molar-refractivity contribution is -0.138. The van der Waals surface area contributed by atoms with Gasteiger partial charge in [0, 0.05) is 30.7 Å². The van der Waals surface area contributed by atoms with Crippen LogP contribution in [0.5, 0.6) is 23.0 Å². The Bertz CT molecular complexity index is 1550. The monoisotopic (exact) mass is 725 g/mol. The van der Waals surface area contributed by atoms with Gasteiger partial charge in [0.1, 0.15) is 19.0 Å². The van der Waals surface area contributed by atoms with Gasteiger partial charge in [0.15, 0.2) is 17.2 Å². The maximum absolute atomic E-state index is 14.0. The molecule has 1 saturated heterocycles. The molecule has 254 valence electrons. The number of carbonyl (C=O) groups excluding carboxylic acids is 2. The summed E-state index contributed by atoms with van der Waals surface area (Å²) < 4.78 is 22.6. The molecule has 0 radical (unpaired) electrons. The number of piperidine rings is 1. The quantitative estimate of drug-likeness (QED) is 0.188. The van der Waals surface area contributed by atoms with Crippen LogP contribution in [0.1, 0.15) is 40.7 Å². The number of amides is 2. The second-order valence-corrected chi connectivity index (χ2v) is 12.6. The Labute approximate surface area is 296 Å². The normalized spacial score (nSPS) is 17.2. The van der Waals surface area contributed by atoms with Crippen molar-refractivity contribution in [2.75, 3.05) is 40.5 Å². The van der Waals surface area contributed by atoms with E-state index in [-0.39, 0.29) is 54.5 Å². The first-order chi connectivity index (χ1) is 22.2. The molecule has 0 spiro atoms. The fourth-order valence-corrected chi connectivity index (χ4v) is 6.64. The Morgan fingerprint density at radius 3 is 2.30 bits per heavy atom. The molecule has 0 aromatic heterocycles. The number of ether oxygens (including phenoxy) is 4. The molecule has 1 heterocycles. The summed E-state index contributed by atoms with van der Waals surface area (Å²) in [5.41, 5.74) is 2.11. The topological polar surface area (TPSA) is 98.4 Å². The lowest BCUT2D eigenvalue weighted by Gasteiger charge is -2.36. The van der Waals surface area contributed by atoms with Gasteiger partial charge in [0.05, 0.1) is 40.8 Å². The molecule has 3 aromatic carbocycles. The third-order valence-corrected chi connectivity index (χ3v) is 9.01. The summed E-state index contributed by atoms with van der Waals surface area (Å²) in [6.07, 6.45) is 2.49. The van der Waals surface area contributed by atoms with Crippen LogP contribution in [0.15, 0.2) is 48.5 Å². The SMILES string of the molecule is COc1cccc(CN(C(=O)C2CNCCC2NC(=O)c2ccc(OCCOc3c(Cl)cc(C)cc3Cl)cc2Cl)C2CC2)c1OC.Cl. The molecule has 1 aliphatic carbocycles. The largest absolute Gasteiger partial charge is 0.493 e. The summed E-state index contributed by atoms with van der Waals surface area (Å²) in [7, 11) is 3.19. The second-order valence-electron chi connectivity index (χ2n) is 11.4. The van der Waals surface area contributed by atoms with Crippen molar-refractivity contribution in [1.29, 1.82) is 0 Å². The van der Waals surface area contributed by atoms with E-state index in [0.29, 0.717) is 64.7 Å². The van der Waals surface area contributed by atoms with E-state index in [4.69, 9.17) is 53.8 Å². The highest BCUT2D eigenvalue weighted by molar-refractivity contribution is 6.37. The van der Waals surface area contributed by atoms with Gasteiger partial charge in [-0.15, -0.1) is 12.4 Å². The summed E-state index contributed by atoms with van der Waals surface area (Å²) >= 11 is 19.0. The molecule has 1 aliphatic heterocycles. The summed E-state index contributed by atoms with van der Waals surface area (Å²) in [5.74, 6) is 1.32. The van der Waals surface area contributed by atoms with Crippen molar-refractivity contribution in [1.82, 2.24) is 15.5 Å². The van der Waals surface area contributed by atoms with Gasteiger partial charge < -0.3 is 34.5 Å². The molecule has 2 N–H and O–H groups in total. The summed E-state index contributed by atoms with van der Waals surface area (Å²) in [6.45, 7) is 3.85. The zero-order valence-electron chi connectivity index (χ0n) is 26.4. The molecule has 13 heteroatoms. The van der Waals surface area contributed by atoms with E-state index in [0.717, 1.165) is 24.0 Å². The number of rotatable bonds is 13. The Hall–Kier alpha value is -3.08. The van der Waals surface area contributed by atoms with Crippen LogP contribution in [0.3, 0.4) is 0 Å². The van der Waals surface area contributed by atoms with Crippen LogP contribution in [-0.2, 0) is 11.3 Å². The predicted octanol–water partition coefficient (Wildman–Crippen LogP) is 6.75. The second kappa shape index (κ2) is 16.8. The van der Waals surface area contributed by atoms with Gasteiger partial charge in [0.25, 0.3) is 5.91 Å². The third-order valence-electron chi connectivity index (χ3n) is 8.14. The van der Waals surface area contributed by atoms with Crippen LogP contribution in [0.25, 0.3) is 0 Å². The molecule has 0 bridgehead atoms. The van der Waals surface area contributed by atoms with Crippen molar-refractivity contribution in [3.8, 4) is 23.0 Å². The van der Waals surface area contributed by atoms with Crippen LogP contribution in [0.4, 0.5) is 0 Å². The number of carbonyl (C=O) groups is 2.